The topological polar surface area (TPSA) is 12.0 Å². The van der Waals surface area contributed by atoms with Gasteiger partial charge in [-0.05, 0) is 47.6 Å². The van der Waals surface area contributed by atoms with E-state index in [1.54, 1.807) is 6.07 Å². The zero-order valence-electron chi connectivity index (χ0n) is 12.7. The highest BCUT2D eigenvalue weighted by atomic mass is 19.1. The summed E-state index contributed by atoms with van der Waals surface area (Å²) in [6, 6.07) is 16.0. The summed E-state index contributed by atoms with van der Waals surface area (Å²) in [5.41, 5.74) is 3.83. The Kier molecular flexibility index (Phi) is 3.81. The van der Waals surface area contributed by atoms with E-state index < -0.39 is 0 Å². The van der Waals surface area contributed by atoms with Crippen molar-refractivity contribution >= 4 is 0 Å². The van der Waals surface area contributed by atoms with Gasteiger partial charge in [0.2, 0.25) is 0 Å². The Morgan fingerprint density at radius 1 is 1.10 bits per heavy atom. The molecule has 2 aromatic carbocycles. The molecule has 0 fully saturated rings. The van der Waals surface area contributed by atoms with Gasteiger partial charge in [0.15, 0.2) is 0 Å². The molecule has 3 rings (SSSR count). The van der Waals surface area contributed by atoms with Crippen LogP contribution in [0.15, 0.2) is 48.5 Å². The quantitative estimate of drug-likeness (QED) is 0.883. The summed E-state index contributed by atoms with van der Waals surface area (Å²) in [5.74, 6) is -0.106. The number of rotatable bonds is 4. The Labute approximate surface area is 126 Å². The lowest BCUT2D eigenvalue weighted by molar-refractivity contribution is 0.270. The summed E-state index contributed by atoms with van der Waals surface area (Å²) in [6.45, 7) is 5.39. The lowest BCUT2D eigenvalue weighted by atomic mass is 9.85. The van der Waals surface area contributed by atoms with Crippen LogP contribution < -0.4 is 5.32 Å². The Hall–Kier alpha value is -1.67. The van der Waals surface area contributed by atoms with Crippen molar-refractivity contribution in [2.45, 2.75) is 32.7 Å². The summed E-state index contributed by atoms with van der Waals surface area (Å²) >= 11 is 0. The Morgan fingerprint density at radius 2 is 1.81 bits per heavy atom. The maximum Gasteiger partial charge on any atom is 0.126 e. The van der Waals surface area contributed by atoms with Crippen LogP contribution >= 0.6 is 0 Å². The molecule has 0 bridgehead atoms. The van der Waals surface area contributed by atoms with E-state index >= 15 is 0 Å². The van der Waals surface area contributed by atoms with Crippen molar-refractivity contribution in [1.29, 1.82) is 0 Å². The molecule has 1 nitrogen and oxygen atoms in total. The van der Waals surface area contributed by atoms with Crippen molar-refractivity contribution in [1.82, 2.24) is 5.32 Å². The van der Waals surface area contributed by atoms with Crippen LogP contribution in [0.5, 0.6) is 0 Å². The van der Waals surface area contributed by atoms with Gasteiger partial charge in [-0.3, -0.25) is 0 Å². The first-order valence-electron chi connectivity index (χ1n) is 7.62. The number of halogens is 1. The van der Waals surface area contributed by atoms with Gasteiger partial charge in [-0.15, -0.1) is 0 Å². The largest absolute Gasteiger partial charge is 0.309 e. The van der Waals surface area contributed by atoms with Crippen LogP contribution in [-0.4, -0.2) is 6.54 Å². The van der Waals surface area contributed by atoms with Gasteiger partial charge in [-0.2, -0.15) is 0 Å². The minimum Gasteiger partial charge on any atom is -0.309 e. The van der Waals surface area contributed by atoms with E-state index in [1.807, 2.05) is 12.1 Å². The third kappa shape index (κ3) is 2.86. The minimum absolute atomic E-state index is 0.106. The molecule has 2 heteroatoms. The first-order valence-corrected chi connectivity index (χ1v) is 7.62. The van der Waals surface area contributed by atoms with Crippen molar-refractivity contribution < 1.29 is 4.39 Å². The first kappa shape index (κ1) is 14.3. The van der Waals surface area contributed by atoms with Crippen LogP contribution in [-0.2, 0) is 12.8 Å². The highest BCUT2D eigenvalue weighted by Crippen LogP contribution is 2.44. The third-order valence-corrected chi connectivity index (χ3v) is 4.49. The lowest BCUT2D eigenvalue weighted by Crippen LogP contribution is -2.32. The summed E-state index contributed by atoms with van der Waals surface area (Å²) in [7, 11) is 0. The monoisotopic (exact) mass is 283 g/mol. The summed E-state index contributed by atoms with van der Waals surface area (Å²) in [4.78, 5) is 0. The number of hydrogen-bond donors (Lipinski definition) is 1. The Balaban J connectivity index is 1.69. The van der Waals surface area contributed by atoms with E-state index in [2.05, 4.69) is 43.4 Å². The maximum atomic E-state index is 13.7. The molecule has 0 spiro atoms. The molecule has 0 saturated carbocycles. The molecule has 1 atom stereocenters. The van der Waals surface area contributed by atoms with Gasteiger partial charge < -0.3 is 5.32 Å². The molecule has 0 saturated heterocycles. The molecule has 0 heterocycles. The number of nitrogens with one attached hydrogen (secondary N) is 1. The zero-order chi connectivity index (χ0) is 14.9. The molecule has 0 amide bonds. The van der Waals surface area contributed by atoms with E-state index in [4.69, 9.17) is 0 Å². The van der Waals surface area contributed by atoms with E-state index in [9.17, 15) is 4.39 Å². The highest BCUT2D eigenvalue weighted by molar-refractivity contribution is 5.37. The molecule has 110 valence electrons. The summed E-state index contributed by atoms with van der Waals surface area (Å²) in [6.07, 6.45) is 1.82. The van der Waals surface area contributed by atoms with Gasteiger partial charge in [0.25, 0.3) is 0 Å². The molecular formula is C19H22FN. The van der Waals surface area contributed by atoms with E-state index in [1.165, 1.54) is 17.2 Å². The molecule has 2 aromatic rings. The maximum absolute atomic E-state index is 13.7. The normalized spacial score (nSPS) is 19.5. The molecule has 0 aliphatic heterocycles. The fourth-order valence-corrected chi connectivity index (χ4v) is 3.43. The minimum atomic E-state index is -0.106. The van der Waals surface area contributed by atoms with Gasteiger partial charge in [-0.25, -0.2) is 4.39 Å². The SMILES string of the molecule is CC1(C)Cc2ccccc2C1NCCc1ccccc1F. The predicted octanol–water partition coefficient (Wildman–Crippen LogP) is 4.28. The lowest BCUT2D eigenvalue weighted by Gasteiger charge is -2.28. The molecule has 1 aliphatic rings. The number of hydrogen-bond acceptors (Lipinski definition) is 1. The smallest absolute Gasteiger partial charge is 0.126 e. The van der Waals surface area contributed by atoms with Crippen molar-refractivity contribution in [2.24, 2.45) is 5.41 Å². The molecular weight excluding hydrogens is 261 g/mol. The fraction of sp³-hybridized carbons (Fsp3) is 0.368. The van der Waals surface area contributed by atoms with Crippen LogP contribution in [0.4, 0.5) is 4.39 Å². The predicted molar refractivity (Wildman–Crippen MR) is 84.8 cm³/mol. The van der Waals surface area contributed by atoms with Crippen LogP contribution in [0, 0.1) is 11.2 Å². The van der Waals surface area contributed by atoms with Crippen molar-refractivity contribution in [2.75, 3.05) is 6.54 Å². The average Bonchev–Trinajstić information content (AvgIpc) is 2.71. The van der Waals surface area contributed by atoms with Crippen molar-refractivity contribution in [3.8, 4) is 0 Å². The fourth-order valence-electron chi connectivity index (χ4n) is 3.43. The van der Waals surface area contributed by atoms with Gasteiger partial charge >= 0.3 is 0 Å². The van der Waals surface area contributed by atoms with Gasteiger partial charge in [0.1, 0.15) is 5.82 Å². The molecule has 1 N–H and O–H groups in total. The summed E-state index contributed by atoms with van der Waals surface area (Å²) < 4.78 is 13.7. The van der Waals surface area contributed by atoms with E-state index in [0.29, 0.717) is 6.04 Å². The second-order valence-electron chi connectivity index (χ2n) is 6.59. The van der Waals surface area contributed by atoms with Crippen molar-refractivity contribution in [3.63, 3.8) is 0 Å². The number of benzene rings is 2. The molecule has 0 radical (unpaired) electrons. The third-order valence-electron chi connectivity index (χ3n) is 4.49. The summed E-state index contributed by atoms with van der Waals surface area (Å²) in [5, 5.41) is 3.64. The van der Waals surface area contributed by atoms with Crippen LogP contribution in [0.2, 0.25) is 0 Å². The van der Waals surface area contributed by atoms with Gasteiger partial charge in [-0.1, -0.05) is 56.3 Å². The van der Waals surface area contributed by atoms with Crippen LogP contribution in [0.25, 0.3) is 0 Å². The van der Waals surface area contributed by atoms with Gasteiger partial charge in [0, 0.05) is 6.04 Å². The average molecular weight is 283 g/mol. The van der Waals surface area contributed by atoms with E-state index in [-0.39, 0.29) is 11.2 Å². The number of fused-ring (bicyclic) bond motifs is 1. The second kappa shape index (κ2) is 5.61. The molecule has 1 aliphatic carbocycles. The molecule has 1 unspecified atom stereocenters. The van der Waals surface area contributed by atoms with E-state index in [0.717, 1.165) is 24.9 Å². The zero-order valence-corrected chi connectivity index (χ0v) is 12.7. The standard InChI is InChI=1S/C19H22FN/c1-19(2)13-15-8-3-5-9-16(15)18(19)21-12-11-14-7-4-6-10-17(14)20/h3-10,18,21H,11-13H2,1-2H3. The Bertz CT molecular complexity index is 633. The first-order chi connectivity index (χ1) is 10.1. The molecule has 0 aromatic heterocycles. The van der Waals surface area contributed by atoms with Crippen LogP contribution in [0.3, 0.4) is 0 Å². The van der Waals surface area contributed by atoms with Crippen LogP contribution in [0.1, 0.15) is 36.6 Å². The molecule has 21 heavy (non-hydrogen) atoms. The second-order valence-corrected chi connectivity index (χ2v) is 6.59. The van der Waals surface area contributed by atoms with Crippen molar-refractivity contribution in [3.05, 3.63) is 71.0 Å². The van der Waals surface area contributed by atoms with Gasteiger partial charge in [0.05, 0.1) is 0 Å². The highest BCUT2D eigenvalue weighted by Gasteiger charge is 2.38. The Morgan fingerprint density at radius 3 is 2.62 bits per heavy atom.